The summed E-state index contributed by atoms with van der Waals surface area (Å²) in [4.78, 5) is 2.43. The predicted molar refractivity (Wildman–Crippen MR) is 85.9 cm³/mol. The van der Waals surface area contributed by atoms with Gasteiger partial charge in [-0.3, -0.25) is 0 Å². The molecule has 0 unspecified atom stereocenters. The van der Waals surface area contributed by atoms with E-state index in [-0.39, 0.29) is 30.6 Å². The monoisotopic (exact) mass is 372 g/mol. The van der Waals surface area contributed by atoms with E-state index in [2.05, 4.69) is 20.8 Å². The minimum absolute atomic E-state index is 0. The number of hydrogen-bond donors (Lipinski definition) is 1. The van der Waals surface area contributed by atoms with Gasteiger partial charge in [-0.25, -0.2) is 4.39 Å². The highest BCUT2D eigenvalue weighted by Crippen LogP contribution is 2.17. The van der Waals surface area contributed by atoms with Crippen molar-refractivity contribution in [3.05, 3.63) is 34.1 Å². The van der Waals surface area contributed by atoms with Crippen molar-refractivity contribution in [1.82, 2.24) is 4.90 Å². The van der Waals surface area contributed by atoms with Crippen LogP contribution in [0.25, 0.3) is 0 Å². The summed E-state index contributed by atoms with van der Waals surface area (Å²) in [7, 11) is 0. The van der Waals surface area contributed by atoms with Crippen molar-refractivity contribution >= 4 is 40.7 Å². The van der Waals surface area contributed by atoms with Gasteiger partial charge in [-0.1, -0.05) is 6.07 Å². The molecule has 19 heavy (non-hydrogen) atoms. The number of piperidine rings is 1. The Morgan fingerprint density at radius 2 is 1.89 bits per heavy atom. The van der Waals surface area contributed by atoms with Gasteiger partial charge in [0, 0.05) is 12.6 Å². The van der Waals surface area contributed by atoms with Crippen LogP contribution < -0.4 is 5.73 Å². The van der Waals surface area contributed by atoms with Gasteiger partial charge in [0.15, 0.2) is 0 Å². The first-order chi connectivity index (χ1) is 8.15. The molecule has 0 bridgehead atoms. The number of halogens is 4. The number of nitrogens with two attached hydrogens (primary N) is 1. The second-order valence-electron chi connectivity index (χ2n) is 4.68. The molecular formula is C13H20BrCl2FN2. The first-order valence-corrected chi connectivity index (χ1v) is 6.86. The maximum absolute atomic E-state index is 13.1. The van der Waals surface area contributed by atoms with Crippen molar-refractivity contribution in [2.45, 2.75) is 25.3 Å². The van der Waals surface area contributed by atoms with Gasteiger partial charge in [0.2, 0.25) is 0 Å². The minimum atomic E-state index is -0.197. The van der Waals surface area contributed by atoms with Gasteiger partial charge < -0.3 is 10.6 Å². The molecule has 0 spiro atoms. The second kappa shape index (κ2) is 9.14. The van der Waals surface area contributed by atoms with Gasteiger partial charge in [-0.2, -0.15) is 0 Å². The zero-order chi connectivity index (χ0) is 12.3. The van der Waals surface area contributed by atoms with E-state index in [4.69, 9.17) is 5.73 Å². The van der Waals surface area contributed by atoms with E-state index in [1.54, 1.807) is 0 Å². The van der Waals surface area contributed by atoms with E-state index in [0.717, 1.165) is 38.9 Å². The van der Waals surface area contributed by atoms with Gasteiger partial charge in [-0.05, 0) is 66.0 Å². The first-order valence-electron chi connectivity index (χ1n) is 6.07. The van der Waals surface area contributed by atoms with Crippen molar-refractivity contribution in [2.75, 3.05) is 19.6 Å². The Kier molecular flexibility index (Phi) is 9.20. The minimum Gasteiger partial charge on any atom is -0.328 e. The summed E-state index contributed by atoms with van der Waals surface area (Å²) >= 11 is 3.21. The molecule has 0 aromatic heterocycles. The lowest BCUT2D eigenvalue weighted by Gasteiger charge is -2.29. The SMILES string of the molecule is Cl.Cl.NC1CCN(CCc2ccc(F)c(Br)c2)CC1. The quantitative estimate of drug-likeness (QED) is 0.879. The fraction of sp³-hybridized carbons (Fsp3) is 0.538. The van der Waals surface area contributed by atoms with E-state index in [1.165, 1.54) is 11.6 Å². The molecule has 2 nitrogen and oxygen atoms in total. The molecule has 0 radical (unpaired) electrons. The van der Waals surface area contributed by atoms with Crippen LogP contribution in [-0.4, -0.2) is 30.6 Å². The average Bonchev–Trinajstić information content (AvgIpc) is 2.33. The van der Waals surface area contributed by atoms with Gasteiger partial charge in [0.05, 0.1) is 4.47 Å². The number of hydrogen-bond acceptors (Lipinski definition) is 2. The van der Waals surface area contributed by atoms with Crippen molar-refractivity contribution < 1.29 is 4.39 Å². The summed E-state index contributed by atoms with van der Waals surface area (Å²) in [6, 6.07) is 5.62. The number of nitrogens with zero attached hydrogens (tertiary/aromatic N) is 1. The molecule has 0 amide bonds. The van der Waals surface area contributed by atoms with Crippen molar-refractivity contribution in [3.63, 3.8) is 0 Å². The zero-order valence-corrected chi connectivity index (χ0v) is 13.9. The standard InChI is InChI=1S/C13H18BrFN2.2ClH/c14-12-9-10(1-2-13(12)15)3-6-17-7-4-11(16)5-8-17;;/h1-2,9,11H,3-8,16H2;2*1H. The first kappa shape index (κ1) is 19.1. The summed E-state index contributed by atoms with van der Waals surface area (Å²) in [5, 5.41) is 0. The van der Waals surface area contributed by atoms with Crippen LogP contribution in [0, 0.1) is 5.82 Å². The van der Waals surface area contributed by atoms with Crippen LogP contribution in [0.3, 0.4) is 0 Å². The highest BCUT2D eigenvalue weighted by Gasteiger charge is 2.15. The Bertz CT molecular complexity index is 385. The smallest absolute Gasteiger partial charge is 0.137 e. The lowest BCUT2D eigenvalue weighted by molar-refractivity contribution is 0.215. The fourth-order valence-corrected chi connectivity index (χ4v) is 2.59. The molecule has 1 aliphatic rings. The van der Waals surface area contributed by atoms with Crippen LogP contribution in [0.1, 0.15) is 18.4 Å². The van der Waals surface area contributed by atoms with Crippen LogP contribution >= 0.6 is 40.7 Å². The maximum Gasteiger partial charge on any atom is 0.137 e. The molecule has 1 aromatic rings. The van der Waals surface area contributed by atoms with Crippen LogP contribution in [0.5, 0.6) is 0 Å². The molecule has 1 saturated heterocycles. The van der Waals surface area contributed by atoms with Crippen molar-refractivity contribution in [2.24, 2.45) is 5.73 Å². The molecule has 0 aliphatic carbocycles. The molecule has 110 valence electrons. The molecular weight excluding hydrogens is 354 g/mol. The summed E-state index contributed by atoms with van der Waals surface area (Å²) < 4.78 is 13.6. The van der Waals surface area contributed by atoms with Crippen LogP contribution in [-0.2, 0) is 6.42 Å². The van der Waals surface area contributed by atoms with Crippen molar-refractivity contribution in [1.29, 1.82) is 0 Å². The molecule has 1 heterocycles. The molecule has 1 fully saturated rings. The van der Waals surface area contributed by atoms with Gasteiger partial charge in [-0.15, -0.1) is 24.8 Å². The molecule has 1 aromatic carbocycles. The average molecular weight is 374 g/mol. The lowest BCUT2D eigenvalue weighted by Crippen LogP contribution is -2.40. The maximum atomic E-state index is 13.1. The second-order valence-corrected chi connectivity index (χ2v) is 5.53. The number of rotatable bonds is 3. The summed E-state index contributed by atoms with van der Waals surface area (Å²) in [6.45, 7) is 3.21. The molecule has 2 rings (SSSR count). The molecule has 0 atom stereocenters. The third-order valence-corrected chi connectivity index (χ3v) is 3.94. The van der Waals surface area contributed by atoms with E-state index in [0.29, 0.717) is 10.5 Å². The highest BCUT2D eigenvalue weighted by atomic mass is 79.9. The highest BCUT2D eigenvalue weighted by molar-refractivity contribution is 9.10. The van der Waals surface area contributed by atoms with Gasteiger partial charge in [0.25, 0.3) is 0 Å². The molecule has 1 aliphatic heterocycles. The van der Waals surface area contributed by atoms with Crippen LogP contribution in [0.15, 0.2) is 22.7 Å². The van der Waals surface area contributed by atoms with Gasteiger partial charge >= 0.3 is 0 Å². The number of benzene rings is 1. The largest absolute Gasteiger partial charge is 0.328 e. The number of likely N-dealkylation sites (tertiary alicyclic amines) is 1. The summed E-state index contributed by atoms with van der Waals surface area (Å²) in [5.74, 6) is -0.197. The topological polar surface area (TPSA) is 29.3 Å². The van der Waals surface area contributed by atoms with Crippen LogP contribution in [0.4, 0.5) is 4.39 Å². The Morgan fingerprint density at radius 1 is 1.26 bits per heavy atom. The third kappa shape index (κ3) is 5.96. The van der Waals surface area contributed by atoms with E-state index >= 15 is 0 Å². The fourth-order valence-electron chi connectivity index (χ4n) is 2.16. The lowest BCUT2D eigenvalue weighted by atomic mass is 10.1. The summed E-state index contributed by atoms with van der Waals surface area (Å²) in [6.07, 6.45) is 3.15. The molecule has 2 N–H and O–H groups in total. The van der Waals surface area contributed by atoms with E-state index in [9.17, 15) is 4.39 Å². The summed E-state index contributed by atoms with van der Waals surface area (Å²) in [5.41, 5.74) is 7.04. The Morgan fingerprint density at radius 3 is 2.47 bits per heavy atom. The van der Waals surface area contributed by atoms with Crippen molar-refractivity contribution in [3.8, 4) is 0 Å². The molecule has 0 saturated carbocycles. The molecule has 6 heteroatoms. The predicted octanol–water partition coefficient (Wildman–Crippen LogP) is 3.40. The Hall–Kier alpha value is 0.130. The van der Waals surface area contributed by atoms with E-state index < -0.39 is 0 Å². The third-order valence-electron chi connectivity index (χ3n) is 3.33. The zero-order valence-electron chi connectivity index (χ0n) is 10.6. The Labute approximate surface area is 134 Å². The Balaban J connectivity index is 0.00000162. The normalized spacial score (nSPS) is 16.6. The van der Waals surface area contributed by atoms with Gasteiger partial charge in [0.1, 0.15) is 5.82 Å². The van der Waals surface area contributed by atoms with E-state index in [1.807, 2.05) is 12.1 Å². The van der Waals surface area contributed by atoms with Crippen LogP contribution in [0.2, 0.25) is 0 Å².